The van der Waals surface area contributed by atoms with E-state index in [2.05, 4.69) is 11.9 Å². The van der Waals surface area contributed by atoms with Crippen molar-refractivity contribution >= 4 is 17.1 Å². The highest BCUT2D eigenvalue weighted by atomic mass is 16.6. The number of benzene rings is 1. The summed E-state index contributed by atoms with van der Waals surface area (Å²) in [6.07, 6.45) is 6.85. The van der Waals surface area contributed by atoms with Gasteiger partial charge in [-0.25, -0.2) is 0 Å². The molecule has 0 aromatic heterocycles. The number of anilines is 1. The fraction of sp³-hybridized carbons (Fsp3) is 0.600. The molecule has 0 amide bonds. The maximum atomic E-state index is 11.3. The van der Waals surface area contributed by atoms with Gasteiger partial charge >= 0.3 is 5.69 Å². The fourth-order valence-electron chi connectivity index (χ4n) is 3.60. The van der Waals surface area contributed by atoms with E-state index >= 15 is 0 Å². The molecule has 2 fully saturated rings. The number of hydrazine groups is 1. The summed E-state index contributed by atoms with van der Waals surface area (Å²) in [5, 5.41) is 26.4. The Labute approximate surface area is 133 Å². The quantitative estimate of drug-likeness (QED) is 0.467. The van der Waals surface area contributed by atoms with Crippen molar-refractivity contribution in [1.29, 1.82) is 0 Å². The van der Waals surface area contributed by atoms with E-state index < -0.39 is 9.85 Å². The van der Waals surface area contributed by atoms with Crippen molar-refractivity contribution < 1.29 is 9.85 Å². The number of hydrogen-bond donors (Lipinski definition) is 0. The van der Waals surface area contributed by atoms with Crippen molar-refractivity contribution in [2.75, 3.05) is 5.01 Å². The predicted molar refractivity (Wildman–Crippen MR) is 85.0 cm³/mol. The molecule has 8 nitrogen and oxygen atoms in total. The molecule has 1 aromatic carbocycles. The molecule has 2 aliphatic rings. The zero-order valence-electron chi connectivity index (χ0n) is 13.1. The maximum absolute atomic E-state index is 11.3. The van der Waals surface area contributed by atoms with Crippen LogP contribution in [0.1, 0.15) is 45.4 Å². The Kier molecular flexibility index (Phi) is 4.16. The maximum Gasteiger partial charge on any atom is 0.300 e. The number of nitrogens with zero attached hydrogens (tertiary/aromatic N) is 4. The lowest BCUT2D eigenvalue weighted by molar-refractivity contribution is -0.393. The lowest BCUT2D eigenvalue weighted by Gasteiger charge is -2.23. The minimum Gasteiger partial charge on any atom is -0.278 e. The third kappa shape index (κ3) is 2.86. The van der Waals surface area contributed by atoms with Crippen LogP contribution >= 0.6 is 0 Å². The Morgan fingerprint density at radius 2 is 1.83 bits per heavy atom. The molecule has 2 atom stereocenters. The lowest BCUT2D eigenvalue weighted by atomic mass is 9.95. The zero-order chi connectivity index (χ0) is 16.6. The summed E-state index contributed by atoms with van der Waals surface area (Å²) in [5.41, 5.74) is 0.00791. The van der Waals surface area contributed by atoms with Crippen LogP contribution in [-0.2, 0) is 0 Å². The molecule has 3 rings (SSSR count). The molecule has 23 heavy (non-hydrogen) atoms. The van der Waals surface area contributed by atoms with Crippen molar-refractivity contribution in [1.82, 2.24) is 5.01 Å². The van der Waals surface area contributed by atoms with E-state index in [1.165, 1.54) is 31.4 Å². The molecule has 1 saturated carbocycles. The van der Waals surface area contributed by atoms with Gasteiger partial charge in [0.1, 0.15) is 11.9 Å². The Balaban J connectivity index is 1.91. The van der Waals surface area contributed by atoms with Gasteiger partial charge in [-0.05, 0) is 25.3 Å². The number of non-ortho nitro benzene ring substituents is 1. The van der Waals surface area contributed by atoms with Crippen molar-refractivity contribution in [2.45, 2.75) is 57.7 Å². The smallest absolute Gasteiger partial charge is 0.278 e. The highest BCUT2D eigenvalue weighted by molar-refractivity contribution is 5.69. The Bertz CT molecular complexity index is 630. The van der Waals surface area contributed by atoms with Crippen LogP contribution in [-0.4, -0.2) is 27.1 Å². The fourth-order valence-corrected chi connectivity index (χ4v) is 3.60. The van der Waals surface area contributed by atoms with Crippen LogP contribution in [0.2, 0.25) is 0 Å². The van der Waals surface area contributed by atoms with Gasteiger partial charge in [-0.15, -0.1) is 0 Å². The van der Waals surface area contributed by atoms with Crippen molar-refractivity contribution in [2.24, 2.45) is 0 Å². The average Bonchev–Trinajstić information content (AvgIpc) is 3.29. The first-order chi connectivity index (χ1) is 11.0. The average molecular weight is 320 g/mol. The van der Waals surface area contributed by atoms with Crippen LogP contribution < -0.4 is 5.01 Å². The molecule has 8 heteroatoms. The van der Waals surface area contributed by atoms with Gasteiger partial charge in [0.25, 0.3) is 5.69 Å². The van der Waals surface area contributed by atoms with Gasteiger partial charge in [0.2, 0.25) is 0 Å². The summed E-state index contributed by atoms with van der Waals surface area (Å²) in [4.78, 5) is 21.1. The molecular weight excluding hydrogens is 300 g/mol. The largest absolute Gasteiger partial charge is 0.300 e. The topological polar surface area (TPSA) is 92.3 Å². The first-order valence-corrected chi connectivity index (χ1v) is 8.05. The molecule has 0 bridgehead atoms. The Morgan fingerprint density at radius 3 is 2.39 bits per heavy atom. The van der Waals surface area contributed by atoms with Crippen LogP contribution in [0.15, 0.2) is 18.2 Å². The molecule has 1 heterocycles. The minimum absolute atomic E-state index is 0.151. The predicted octanol–water partition coefficient (Wildman–Crippen LogP) is 3.61. The minimum atomic E-state index is -0.602. The Hall–Kier alpha value is -2.22. The van der Waals surface area contributed by atoms with Crippen molar-refractivity contribution in [3.05, 3.63) is 38.4 Å². The van der Waals surface area contributed by atoms with Crippen LogP contribution in [0, 0.1) is 20.2 Å². The van der Waals surface area contributed by atoms with Crippen LogP contribution in [0.4, 0.5) is 17.1 Å². The summed E-state index contributed by atoms with van der Waals surface area (Å²) < 4.78 is 0. The normalized spacial score (nSPS) is 24.5. The second kappa shape index (κ2) is 6.11. The molecule has 124 valence electrons. The van der Waals surface area contributed by atoms with E-state index in [0.29, 0.717) is 11.7 Å². The lowest BCUT2D eigenvalue weighted by Crippen LogP contribution is -2.25. The van der Waals surface area contributed by atoms with E-state index in [0.717, 1.165) is 25.3 Å². The van der Waals surface area contributed by atoms with E-state index in [4.69, 9.17) is 0 Å². The molecule has 0 radical (unpaired) electrons. The SMILES string of the molecule is CCC1N(c2ccc([N+](=O)[O-])cc2[N+](=O)[O-])N1C1CCCCC1. The van der Waals surface area contributed by atoms with Crippen LogP contribution in [0.5, 0.6) is 0 Å². The summed E-state index contributed by atoms with van der Waals surface area (Å²) in [6, 6.07) is 4.32. The number of nitro groups is 2. The standard InChI is InChI=1S/C15H20N4O4/c1-2-15-16(11-6-4-3-5-7-11)17(15)13-9-8-12(18(20)21)10-14(13)19(22)23/h8-11,15H,2-7H2,1H3. The highest BCUT2D eigenvalue weighted by Gasteiger charge is 2.50. The van der Waals surface area contributed by atoms with Crippen molar-refractivity contribution in [3.63, 3.8) is 0 Å². The van der Waals surface area contributed by atoms with E-state index in [1.54, 1.807) is 0 Å². The molecule has 1 aliphatic carbocycles. The number of hydrogen-bond acceptors (Lipinski definition) is 6. The first-order valence-electron chi connectivity index (χ1n) is 8.05. The summed E-state index contributed by atoms with van der Waals surface area (Å²) in [6.45, 7) is 2.05. The molecule has 2 unspecified atom stereocenters. The summed E-state index contributed by atoms with van der Waals surface area (Å²) >= 11 is 0. The van der Waals surface area contributed by atoms with Gasteiger partial charge < -0.3 is 0 Å². The first kappa shape index (κ1) is 15.7. The molecule has 0 spiro atoms. The number of rotatable bonds is 5. The third-order valence-corrected chi connectivity index (χ3v) is 4.71. The second-order valence-corrected chi connectivity index (χ2v) is 6.09. The molecule has 1 saturated heterocycles. The number of nitro benzene ring substituents is 2. The monoisotopic (exact) mass is 320 g/mol. The van der Waals surface area contributed by atoms with E-state index in [1.807, 2.05) is 5.01 Å². The van der Waals surface area contributed by atoms with Crippen LogP contribution in [0.25, 0.3) is 0 Å². The second-order valence-electron chi connectivity index (χ2n) is 6.09. The molecule has 0 N–H and O–H groups in total. The van der Waals surface area contributed by atoms with Crippen LogP contribution in [0.3, 0.4) is 0 Å². The molecule has 1 aliphatic heterocycles. The summed E-state index contributed by atoms with van der Waals surface area (Å²) in [5.74, 6) is 0. The van der Waals surface area contributed by atoms with Gasteiger partial charge in [-0.1, -0.05) is 26.2 Å². The van der Waals surface area contributed by atoms with Gasteiger partial charge in [-0.3, -0.25) is 25.2 Å². The zero-order valence-corrected chi connectivity index (χ0v) is 13.1. The van der Waals surface area contributed by atoms with E-state index in [-0.39, 0.29) is 17.5 Å². The summed E-state index contributed by atoms with van der Waals surface area (Å²) in [7, 11) is 0. The third-order valence-electron chi connectivity index (χ3n) is 4.71. The van der Waals surface area contributed by atoms with Gasteiger partial charge in [-0.2, -0.15) is 5.01 Å². The molecular formula is C15H20N4O4. The van der Waals surface area contributed by atoms with Gasteiger partial charge in [0, 0.05) is 12.1 Å². The molecule has 1 aromatic rings. The van der Waals surface area contributed by atoms with Gasteiger partial charge in [0.15, 0.2) is 0 Å². The van der Waals surface area contributed by atoms with Gasteiger partial charge in [0.05, 0.1) is 15.9 Å². The Morgan fingerprint density at radius 1 is 1.13 bits per heavy atom. The van der Waals surface area contributed by atoms with E-state index in [9.17, 15) is 20.2 Å². The highest BCUT2D eigenvalue weighted by Crippen LogP contribution is 2.45. The van der Waals surface area contributed by atoms with Crippen molar-refractivity contribution in [3.8, 4) is 0 Å².